The minimum Gasteiger partial charge on any atom is -0.398 e. The Morgan fingerprint density at radius 1 is 1.30 bits per heavy atom. The van der Waals surface area contributed by atoms with Crippen LogP contribution in [0.2, 0.25) is 0 Å². The van der Waals surface area contributed by atoms with E-state index >= 15 is 0 Å². The van der Waals surface area contributed by atoms with Crippen molar-refractivity contribution in [1.29, 1.82) is 0 Å². The third-order valence-corrected chi connectivity index (χ3v) is 4.03. The molecule has 1 saturated heterocycles. The SMILES string of the molecule is CC1CCCN(c2ccc(N)c(-c3cccnc3)c2)C1. The highest BCUT2D eigenvalue weighted by atomic mass is 15.1. The maximum absolute atomic E-state index is 6.13. The number of nitrogens with two attached hydrogens (primary N) is 1. The minimum absolute atomic E-state index is 0.767. The second-order valence-corrected chi connectivity index (χ2v) is 5.71. The Bertz CT molecular complexity index is 580. The summed E-state index contributed by atoms with van der Waals surface area (Å²) in [5, 5.41) is 0. The summed E-state index contributed by atoms with van der Waals surface area (Å²) < 4.78 is 0. The van der Waals surface area contributed by atoms with Gasteiger partial charge in [0.2, 0.25) is 0 Å². The number of piperidine rings is 1. The van der Waals surface area contributed by atoms with Crippen LogP contribution in [-0.4, -0.2) is 18.1 Å². The van der Waals surface area contributed by atoms with E-state index in [9.17, 15) is 0 Å². The van der Waals surface area contributed by atoms with Gasteiger partial charge in [0.05, 0.1) is 0 Å². The van der Waals surface area contributed by atoms with Gasteiger partial charge in [0.1, 0.15) is 0 Å². The van der Waals surface area contributed by atoms with Gasteiger partial charge < -0.3 is 10.6 Å². The van der Waals surface area contributed by atoms with Crippen LogP contribution in [-0.2, 0) is 0 Å². The van der Waals surface area contributed by atoms with Gasteiger partial charge in [0.15, 0.2) is 0 Å². The summed E-state index contributed by atoms with van der Waals surface area (Å²) in [5.74, 6) is 0.767. The van der Waals surface area contributed by atoms with E-state index in [1.54, 1.807) is 6.20 Å². The number of hydrogen-bond donors (Lipinski definition) is 1. The Labute approximate surface area is 120 Å². The van der Waals surface area contributed by atoms with E-state index in [1.807, 2.05) is 18.3 Å². The Morgan fingerprint density at radius 3 is 2.95 bits per heavy atom. The fourth-order valence-electron chi connectivity index (χ4n) is 2.94. The highest BCUT2D eigenvalue weighted by Gasteiger charge is 2.17. The maximum atomic E-state index is 6.13. The molecule has 1 atom stereocenters. The molecule has 20 heavy (non-hydrogen) atoms. The smallest absolute Gasteiger partial charge is 0.0395 e. The zero-order valence-corrected chi connectivity index (χ0v) is 11.9. The van der Waals surface area contributed by atoms with Gasteiger partial charge in [0, 0.05) is 48.0 Å². The molecule has 2 heterocycles. The second kappa shape index (κ2) is 5.53. The molecule has 1 aromatic heterocycles. The number of pyridine rings is 1. The van der Waals surface area contributed by atoms with E-state index in [2.05, 4.69) is 35.0 Å². The summed E-state index contributed by atoms with van der Waals surface area (Å²) in [7, 11) is 0. The number of nitrogens with zero attached hydrogens (tertiary/aromatic N) is 2. The van der Waals surface area contributed by atoms with E-state index in [-0.39, 0.29) is 0 Å². The first-order chi connectivity index (χ1) is 9.74. The Kier molecular flexibility index (Phi) is 3.59. The van der Waals surface area contributed by atoms with Crippen molar-refractivity contribution < 1.29 is 0 Å². The van der Waals surface area contributed by atoms with Crippen LogP contribution in [0.25, 0.3) is 11.1 Å². The molecule has 3 rings (SSSR count). The fourth-order valence-corrected chi connectivity index (χ4v) is 2.94. The van der Waals surface area contributed by atoms with Gasteiger partial charge in [-0.05, 0) is 43.0 Å². The summed E-state index contributed by atoms with van der Waals surface area (Å²) in [4.78, 5) is 6.65. The molecule has 1 fully saturated rings. The van der Waals surface area contributed by atoms with Crippen molar-refractivity contribution in [2.45, 2.75) is 19.8 Å². The average Bonchev–Trinajstić information content (AvgIpc) is 2.48. The summed E-state index contributed by atoms with van der Waals surface area (Å²) in [6.45, 7) is 4.60. The molecule has 0 bridgehead atoms. The van der Waals surface area contributed by atoms with Crippen molar-refractivity contribution >= 4 is 11.4 Å². The molecule has 0 spiro atoms. The molecule has 0 radical (unpaired) electrons. The molecule has 2 N–H and O–H groups in total. The van der Waals surface area contributed by atoms with Crippen LogP contribution in [0, 0.1) is 5.92 Å². The van der Waals surface area contributed by atoms with Crippen LogP contribution in [0.5, 0.6) is 0 Å². The molecule has 1 aliphatic rings. The first kappa shape index (κ1) is 13.0. The van der Waals surface area contributed by atoms with Crippen molar-refractivity contribution in [3.63, 3.8) is 0 Å². The van der Waals surface area contributed by atoms with Crippen molar-refractivity contribution in [3.8, 4) is 11.1 Å². The molecular weight excluding hydrogens is 246 g/mol. The zero-order valence-electron chi connectivity index (χ0n) is 11.9. The molecule has 2 aromatic rings. The summed E-state index contributed by atoms with van der Waals surface area (Å²) in [5.41, 5.74) is 10.4. The maximum Gasteiger partial charge on any atom is 0.0395 e. The molecule has 0 aliphatic carbocycles. The van der Waals surface area contributed by atoms with Crippen LogP contribution in [0.15, 0.2) is 42.7 Å². The number of rotatable bonds is 2. The van der Waals surface area contributed by atoms with E-state index < -0.39 is 0 Å². The molecule has 104 valence electrons. The van der Waals surface area contributed by atoms with E-state index in [0.29, 0.717) is 0 Å². The zero-order chi connectivity index (χ0) is 13.9. The predicted molar refractivity (Wildman–Crippen MR) is 84.7 cm³/mol. The summed E-state index contributed by atoms with van der Waals surface area (Å²) in [6.07, 6.45) is 6.26. The van der Waals surface area contributed by atoms with Crippen molar-refractivity contribution in [1.82, 2.24) is 4.98 Å². The van der Waals surface area contributed by atoms with Crippen molar-refractivity contribution in [2.75, 3.05) is 23.7 Å². The van der Waals surface area contributed by atoms with E-state index in [1.165, 1.54) is 18.5 Å². The van der Waals surface area contributed by atoms with Gasteiger partial charge in [-0.1, -0.05) is 13.0 Å². The summed E-state index contributed by atoms with van der Waals surface area (Å²) in [6, 6.07) is 10.3. The summed E-state index contributed by atoms with van der Waals surface area (Å²) >= 11 is 0. The fraction of sp³-hybridized carbons (Fsp3) is 0.353. The lowest BCUT2D eigenvalue weighted by Crippen LogP contribution is -2.34. The van der Waals surface area contributed by atoms with Crippen molar-refractivity contribution in [3.05, 3.63) is 42.7 Å². The van der Waals surface area contributed by atoms with Gasteiger partial charge in [-0.2, -0.15) is 0 Å². The molecule has 1 aromatic carbocycles. The lowest BCUT2D eigenvalue weighted by atomic mass is 9.98. The number of benzene rings is 1. The topological polar surface area (TPSA) is 42.1 Å². The first-order valence-corrected chi connectivity index (χ1v) is 7.29. The minimum atomic E-state index is 0.767. The molecular formula is C17H21N3. The van der Waals surface area contributed by atoms with Crippen LogP contribution in [0.1, 0.15) is 19.8 Å². The highest BCUT2D eigenvalue weighted by molar-refractivity contribution is 5.79. The number of aromatic nitrogens is 1. The van der Waals surface area contributed by atoms with Crippen LogP contribution >= 0.6 is 0 Å². The third kappa shape index (κ3) is 2.62. The van der Waals surface area contributed by atoms with Gasteiger partial charge >= 0.3 is 0 Å². The number of nitrogen functional groups attached to an aromatic ring is 1. The van der Waals surface area contributed by atoms with Gasteiger partial charge in [-0.3, -0.25) is 4.98 Å². The monoisotopic (exact) mass is 267 g/mol. The third-order valence-electron chi connectivity index (χ3n) is 4.03. The molecule has 0 amide bonds. The number of anilines is 2. The Morgan fingerprint density at radius 2 is 2.20 bits per heavy atom. The standard InChI is InChI=1S/C17H21N3/c1-13-4-3-9-20(12-13)15-6-7-17(18)16(10-15)14-5-2-8-19-11-14/h2,5-8,10-11,13H,3-4,9,12,18H2,1H3. The Balaban J connectivity index is 1.94. The average molecular weight is 267 g/mol. The van der Waals surface area contributed by atoms with Crippen LogP contribution < -0.4 is 10.6 Å². The van der Waals surface area contributed by atoms with E-state index in [0.717, 1.165) is 35.8 Å². The van der Waals surface area contributed by atoms with Crippen LogP contribution in [0.4, 0.5) is 11.4 Å². The lowest BCUT2D eigenvalue weighted by Gasteiger charge is -2.33. The quantitative estimate of drug-likeness (QED) is 0.846. The van der Waals surface area contributed by atoms with Gasteiger partial charge in [-0.15, -0.1) is 0 Å². The van der Waals surface area contributed by atoms with Gasteiger partial charge in [-0.25, -0.2) is 0 Å². The first-order valence-electron chi connectivity index (χ1n) is 7.29. The largest absolute Gasteiger partial charge is 0.398 e. The second-order valence-electron chi connectivity index (χ2n) is 5.71. The van der Waals surface area contributed by atoms with Crippen LogP contribution in [0.3, 0.4) is 0 Å². The Hall–Kier alpha value is -2.03. The van der Waals surface area contributed by atoms with Crippen molar-refractivity contribution in [2.24, 2.45) is 5.92 Å². The molecule has 3 nitrogen and oxygen atoms in total. The molecule has 0 saturated carbocycles. The van der Waals surface area contributed by atoms with Gasteiger partial charge in [0.25, 0.3) is 0 Å². The normalized spacial score (nSPS) is 19.1. The van der Waals surface area contributed by atoms with E-state index in [4.69, 9.17) is 5.73 Å². The molecule has 3 heteroatoms. The predicted octanol–water partition coefficient (Wildman–Crippen LogP) is 3.57. The lowest BCUT2D eigenvalue weighted by molar-refractivity contribution is 0.447. The number of hydrogen-bond acceptors (Lipinski definition) is 3. The molecule has 1 unspecified atom stereocenters. The molecule has 1 aliphatic heterocycles. The highest BCUT2D eigenvalue weighted by Crippen LogP contribution is 2.31.